The van der Waals surface area contributed by atoms with Crippen LogP contribution in [0.15, 0.2) is 5.34 Å². The topological polar surface area (TPSA) is 104 Å². The number of carboxylic acid groups (broad SMARTS) is 1. The lowest BCUT2D eigenvalue weighted by Crippen LogP contribution is -2.00. The van der Waals surface area contributed by atoms with Gasteiger partial charge in [-0.3, -0.25) is 9.59 Å². The van der Waals surface area contributed by atoms with Crippen LogP contribution in [0.3, 0.4) is 0 Å². The van der Waals surface area contributed by atoms with E-state index in [1.165, 1.54) is 12.3 Å². The molecule has 2 N–H and O–H groups in total. The van der Waals surface area contributed by atoms with Crippen molar-refractivity contribution in [2.24, 2.45) is 5.34 Å². The minimum absolute atomic E-state index is 0.312. The van der Waals surface area contributed by atoms with Crippen molar-refractivity contribution >= 4 is 11.8 Å². The molecule has 6 heteroatoms. The Morgan fingerprint density at radius 1 is 1.50 bits per heavy atom. The van der Waals surface area contributed by atoms with Crippen molar-refractivity contribution in [2.75, 3.05) is 0 Å². The van der Waals surface area contributed by atoms with Gasteiger partial charge in [-0.25, -0.2) is 0 Å². The minimum Gasteiger partial charge on any atom is -0.481 e. The Morgan fingerprint density at radius 3 is 1.80 bits per heavy atom. The lowest BCUT2D eigenvalue weighted by atomic mass is 10.3. The summed E-state index contributed by atoms with van der Waals surface area (Å²) in [5.41, 5.74) is 0. The number of aliphatic carboxylic acids is 1. The molecule has 0 amide bonds. The maximum absolute atomic E-state index is 9.87. The zero-order chi connectivity index (χ0) is 8.57. The molecule has 0 bridgehead atoms. The van der Waals surface area contributed by atoms with Crippen LogP contribution < -0.4 is 0 Å². The first-order chi connectivity index (χ1) is 4.54. The van der Waals surface area contributed by atoms with E-state index >= 15 is 0 Å². The monoisotopic (exact) mass is 149 g/mol. The Kier molecular flexibility index (Phi) is 8.56. The molecule has 10 heavy (non-hydrogen) atoms. The molecule has 0 saturated heterocycles. The average Bonchev–Trinajstić information content (AvgIpc) is 1.62. The lowest BCUT2D eigenvalue weighted by Gasteiger charge is -1.80. The van der Waals surface area contributed by atoms with E-state index in [2.05, 4.69) is 0 Å². The average molecular weight is 149 g/mol. The van der Waals surface area contributed by atoms with E-state index in [1.807, 2.05) is 0 Å². The molecular formula is C4H7NO5. The summed E-state index contributed by atoms with van der Waals surface area (Å²) in [5, 5.41) is 15.8. The maximum atomic E-state index is 9.87. The molecule has 0 unspecified atom stereocenters. The smallest absolute Gasteiger partial charge is 0.310 e. The maximum Gasteiger partial charge on any atom is 0.310 e. The summed E-state index contributed by atoms with van der Waals surface area (Å²) in [4.78, 5) is 27.6. The molecule has 0 aliphatic rings. The first-order valence-corrected chi connectivity index (χ1v) is 2.22. The zero-order valence-electron chi connectivity index (χ0n) is 5.27. The van der Waals surface area contributed by atoms with Crippen LogP contribution in [0.5, 0.6) is 0 Å². The summed E-state index contributed by atoms with van der Waals surface area (Å²) in [7, 11) is 0. The van der Waals surface area contributed by atoms with Crippen LogP contribution in [0.4, 0.5) is 0 Å². The van der Waals surface area contributed by atoms with Gasteiger partial charge in [-0.1, -0.05) is 0 Å². The van der Waals surface area contributed by atoms with E-state index in [1.54, 1.807) is 0 Å². The fourth-order valence-corrected chi connectivity index (χ4v) is 0.213. The Labute approximate surface area is 56.4 Å². The number of ketones is 1. The molecule has 0 fully saturated rings. The van der Waals surface area contributed by atoms with Crippen molar-refractivity contribution in [3.63, 3.8) is 0 Å². The van der Waals surface area contributed by atoms with Gasteiger partial charge in [0.15, 0.2) is 5.34 Å². The van der Waals surface area contributed by atoms with Gasteiger partial charge >= 0.3 is 5.97 Å². The van der Waals surface area contributed by atoms with Crippen molar-refractivity contribution < 1.29 is 19.9 Å². The number of carboxylic acids is 1. The molecular weight excluding hydrogens is 142 g/mol. The molecule has 0 rings (SSSR count). The predicted molar refractivity (Wildman–Crippen MR) is 30.5 cm³/mol. The summed E-state index contributed by atoms with van der Waals surface area (Å²) < 4.78 is 0. The van der Waals surface area contributed by atoms with E-state index in [9.17, 15) is 9.59 Å². The summed E-state index contributed by atoms with van der Waals surface area (Å²) in [6.07, 6.45) is -0.361. The van der Waals surface area contributed by atoms with Gasteiger partial charge in [-0.05, 0) is 6.92 Å². The first kappa shape index (κ1) is 11.4. The quantitative estimate of drug-likeness (QED) is 0.331. The SMILES string of the molecule is CC(=O)CC(=O)O.O=NO. The molecule has 0 saturated carbocycles. The highest BCUT2D eigenvalue weighted by Gasteiger charge is 1.98. The van der Waals surface area contributed by atoms with Gasteiger partial charge < -0.3 is 10.3 Å². The number of carbonyl (C=O) groups is 2. The van der Waals surface area contributed by atoms with Gasteiger partial charge in [0, 0.05) is 0 Å². The molecule has 6 nitrogen and oxygen atoms in total. The minimum atomic E-state index is -1.06. The Hall–Kier alpha value is -1.46. The second-order valence-electron chi connectivity index (χ2n) is 1.35. The zero-order valence-corrected chi connectivity index (χ0v) is 5.27. The normalized spacial score (nSPS) is 6.90. The number of hydrogen-bond donors (Lipinski definition) is 2. The molecule has 58 valence electrons. The van der Waals surface area contributed by atoms with Crippen molar-refractivity contribution in [3.05, 3.63) is 4.91 Å². The van der Waals surface area contributed by atoms with Crippen LogP contribution in [-0.4, -0.2) is 22.1 Å². The molecule has 0 aromatic rings. The number of carbonyl (C=O) groups excluding carboxylic acids is 1. The second kappa shape index (κ2) is 7.54. The standard InChI is InChI=1S/C4H6O3.HNO2/c1-3(5)2-4(6)7;2-1-3/h2H2,1H3,(H,6,7);(H,2,3). The lowest BCUT2D eigenvalue weighted by molar-refractivity contribution is -0.139. The first-order valence-electron chi connectivity index (χ1n) is 2.22. The summed E-state index contributed by atoms with van der Waals surface area (Å²) in [6, 6.07) is 0. The molecule has 0 heterocycles. The largest absolute Gasteiger partial charge is 0.481 e. The van der Waals surface area contributed by atoms with E-state index < -0.39 is 5.97 Å². The molecule has 0 radical (unpaired) electrons. The van der Waals surface area contributed by atoms with Gasteiger partial charge in [0.25, 0.3) is 0 Å². The summed E-state index contributed by atoms with van der Waals surface area (Å²) in [5.74, 6) is -1.37. The Morgan fingerprint density at radius 2 is 1.80 bits per heavy atom. The van der Waals surface area contributed by atoms with Gasteiger partial charge in [0.05, 0.1) is 0 Å². The van der Waals surface area contributed by atoms with Gasteiger partial charge in [-0.15, -0.1) is 4.91 Å². The third-order valence-corrected chi connectivity index (χ3v) is 0.400. The number of rotatable bonds is 2. The van der Waals surface area contributed by atoms with Crippen molar-refractivity contribution in [3.8, 4) is 0 Å². The van der Waals surface area contributed by atoms with Gasteiger partial charge in [0.1, 0.15) is 12.2 Å². The molecule has 0 atom stereocenters. The van der Waals surface area contributed by atoms with Crippen LogP contribution in [0, 0.1) is 4.91 Å². The van der Waals surface area contributed by atoms with Crippen LogP contribution in [0.2, 0.25) is 0 Å². The van der Waals surface area contributed by atoms with Crippen molar-refractivity contribution in [1.29, 1.82) is 0 Å². The van der Waals surface area contributed by atoms with Crippen molar-refractivity contribution in [1.82, 2.24) is 0 Å². The molecule has 0 aromatic heterocycles. The number of Topliss-reactive ketones (excluding diaryl/α,β-unsaturated/α-hetero) is 1. The van der Waals surface area contributed by atoms with Crippen LogP contribution >= 0.6 is 0 Å². The predicted octanol–water partition coefficient (Wildman–Crippen LogP) is 0.192. The summed E-state index contributed by atoms with van der Waals surface area (Å²) in [6.45, 7) is 1.24. The third kappa shape index (κ3) is 31.1. The van der Waals surface area contributed by atoms with Gasteiger partial charge in [-0.2, -0.15) is 0 Å². The van der Waals surface area contributed by atoms with Crippen LogP contribution in [0.1, 0.15) is 13.3 Å². The molecule has 0 aliphatic carbocycles. The fourth-order valence-electron chi connectivity index (χ4n) is 0.213. The van der Waals surface area contributed by atoms with E-state index in [0.717, 1.165) is 0 Å². The highest BCUT2D eigenvalue weighted by Crippen LogP contribution is 1.77. The highest BCUT2D eigenvalue weighted by molar-refractivity contribution is 5.93. The van der Waals surface area contributed by atoms with E-state index in [0.29, 0.717) is 0 Å². The Bertz CT molecular complexity index is 120. The van der Waals surface area contributed by atoms with Crippen molar-refractivity contribution in [2.45, 2.75) is 13.3 Å². The van der Waals surface area contributed by atoms with Crippen LogP contribution in [0.25, 0.3) is 0 Å². The number of nitrogens with zero attached hydrogens (tertiary/aromatic N) is 1. The third-order valence-electron chi connectivity index (χ3n) is 0.400. The van der Waals surface area contributed by atoms with Gasteiger partial charge in [0.2, 0.25) is 0 Å². The van der Waals surface area contributed by atoms with E-state index in [4.69, 9.17) is 15.2 Å². The number of hydrogen-bond acceptors (Lipinski definition) is 4. The summed E-state index contributed by atoms with van der Waals surface area (Å²) >= 11 is 0. The molecule has 0 aliphatic heterocycles. The van der Waals surface area contributed by atoms with E-state index in [-0.39, 0.29) is 12.2 Å². The highest BCUT2D eigenvalue weighted by atomic mass is 16.6. The molecule has 0 aromatic carbocycles. The Balaban J connectivity index is 0. The van der Waals surface area contributed by atoms with Crippen LogP contribution in [-0.2, 0) is 9.59 Å². The second-order valence-corrected chi connectivity index (χ2v) is 1.35. The fraction of sp³-hybridized carbons (Fsp3) is 0.500. The molecule has 0 spiro atoms.